The van der Waals surface area contributed by atoms with Gasteiger partial charge in [0, 0.05) is 43.3 Å². The van der Waals surface area contributed by atoms with Crippen LogP contribution in [0, 0.1) is 11.8 Å². The molecule has 0 amide bonds. The minimum Gasteiger partial charge on any atom is -0.397 e. The van der Waals surface area contributed by atoms with Gasteiger partial charge in [0.1, 0.15) is 0 Å². The van der Waals surface area contributed by atoms with Crippen molar-refractivity contribution in [3.8, 4) is 0 Å². The van der Waals surface area contributed by atoms with E-state index < -0.39 is 0 Å². The number of carbonyl (C=O) groups excluding carboxylic acids is 1. The molecule has 3 heterocycles. The molecule has 2 N–H and O–H groups in total. The van der Waals surface area contributed by atoms with Crippen molar-refractivity contribution in [3.05, 3.63) is 35.0 Å². The molecule has 2 aliphatic heterocycles. The van der Waals surface area contributed by atoms with Crippen LogP contribution in [0.25, 0.3) is 10.9 Å². The van der Waals surface area contributed by atoms with Crippen LogP contribution >= 0.6 is 11.6 Å². The predicted octanol–water partition coefficient (Wildman–Crippen LogP) is 4.57. The fourth-order valence-electron chi connectivity index (χ4n) is 4.67. The average molecular weight is 416 g/mol. The van der Waals surface area contributed by atoms with E-state index in [9.17, 15) is 4.79 Å². The van der Waals surface area contributed by atoms with E-state index in [0.29, 0.717) is 34.1 Å². The normalized spacial score (nSPS) is 19.6. The SMILES string of the molecule is Nc1c(Cl)cc(C(=O)CCC2CCN(CC3CCOCC3)CC2)c2ncccc12. The Balaban J connectivity index is 1.31. The lowest BCUT2D eigenvalue weighted by Crippen LogP contribution is -2.38. The summed E-state index contributed by atoms with van der Waals surface area (Å²) in [4.78, 5) is 19.9. The number of hydrogen-bond acceptors (Lipinski definition) is 5. The number of fused-ring (bicyclic) bond motifs is 1. The van der Waals surface area contributed by atoms with Gasteiger partial charge in [-0.2, -0.15) is 0 Å². The smallest absolute Gasteiger partial charge is 0.165 e. The van der Waals surface area contributed by atoms with Crippen molar-refractivity contribution in [2.24, 2.45) is 11.8 Å². The van der Waals surface area contributed by atoms with Gasteiger partial charge in [-0.3, -0.25) is 9.78 Å². The van der Waals surface area contributed by atoms with Crippen molar-refractivity contribution in [2.75, 3.05) is 38.6 Å². The lowest BCUT2D eigenvalue weighted by molar-refractivity contribution is 0.0464. The maximum absolute atomic E-state index is 12.9. The van der Waals surface area contributed by atoms with E-state index in [0.717, 1.165) is 44.0 Å². The van der Waals surface area contributed by atoms with Gasteiger partial charge in [-0.1, -0.05) is 11.6 Å². The Kier molecular flexibility index (Phi) is 6.68. The molecule has 4 rings (SSSR count). The number of nitrogens with two attached hydrogens (primary N) is 1. The first-order chi connectivity index (χ1) is 14.1. The number of anilines is 1. The number of rotatable bonds is 6. The summed E-state index contributed by atoms with van der Waals surface area (Å²) in [6.07, 6.45) is 7.91. The topological polar surface area (TPSA) is 68.5 Å². The molecule has 2 fully saturated rings. The van der Waals surface area contributed by atoms with Crippen LogP contribution < -0.4 is 5.73 Å². The highest BCUT2D eigenvalue weighted by atomic mass is 35.5. The number of ether oxygens (including phenoxy) is 1. The van der Waals surface area contributed by atoms with Gasteiger partial charge in [0.05, 0.1) is 16.2 Å². The lowest BCUT2D eigenvalue weighted by Gasteiger charge is -2.35. The molecule has 0 aliphatic carbocycles. The number of pyridine rings is 1. The Morgan fingerprint density at radius 1 is 1.21 bits per heavy atom. The monoisotopic (exact) mass is 415 g/mol. The number of nitrogen functional groups attached to an aromatic ring is 1. The van der Waals surface area contributed by atoms with E-state index in [1.54, 1.807) is 12.3 Å². The number of nitrogens with zero attached hydrogens (tertiary/aromatic N) is 2. The van der Waals surface area contributed by atoms with Crippen molar-refractivity contribution in [1.29, 1.82) is 0 Å². The second-order valence-electron chi connectivity index (χ2n) is 8.48. The van der Waals surface area contributed by atoms with Crippen LogP contribution in [-0.2, 0) is 4.74 Å². The van der Waals surface area contributed by atoms with Gasteiger partial charge in [-0.25, -0.2) is 0 Å². The molecule has 0 spiro atoms. The Bertz CT molecular complexity index is 859. The van der Waals surface area contributed by atoms with Crippen LogP contribution in [-0.4, -0.2) is 48.5 Å². The maximum atomic E-state index is 12.9. The van der Waals surface area contributed by atoms with Crippen molar-refractivity contribution >= 4 is 34.0 Å². The predicted molar refractivity (Wildman–Crippen MR) is 117 cm³/mol. The lowest BCUT2D eigenvalue weighted by atomic mass is 9.89. The van der Waals surface area contributed by atoms with Gasteiger partial charge in [-0.15, -0.1) is 0 Å². The molecule has 1 aromatic carbocycles. The second-order valence-corrected chi connectivity index (χ2v) is 8.89. The van der Waals surface area contributed by atoms with Gasteiger partial charge in [0.15, 0.2) is 5.78 Å². The van der Waals surface area contributed by atoms with Crippen molar-refractivity contribution < 1.29 is 9.53 Å². The molecule has 0 atom stereocenters. The second kappa shape index (κ2) is 9.41. The number of aromatic nitrogens is 1. The minimum absolute atomic E-state index is 0.111. The van der Waals surface area contributed by atoms with E-state index in [-0.39, 0.29) is 5.78 Å². The molecule has 2 saturated heterocycles. The molecule has 1 aromatic heterocycles. The Hall–Kier alpha value is -1.69. The molecular weight excluding hydrogens is 386 g/mol. The molecule has 0 bridgehead atoms. The van der Waals surface area contributed by atoms with Gasteiger partial charge < -0.3 is 15.4 Å². The number of benzene rings is 1. The fourth-order valence-corrected chi connectivity index (χ4v) is 4.88. The molecule has 6 heteroatoms. The third kappa shape index (κ3) is 4.90. The third-order valence-corrected chi connectivity index (χ3v) is 6.84. The number of Topliss-reactive ketones (excluding diaryl/α,β-unsaturated/α-hetero) is 1. The Labute approximate surface area is 177 Å². The van der Waals surface area contributed by atoms with E-state index in [1.165, 1.54) is 32.2 Å². The van der Waals surface area contributed by atoms with Crippen molar-refractivity contribution in [3.63, 3.8) is 0 Å². The zero-order valence-electron chi connectivity index (χ0n) is 16.9. The highest BCUT2D eigenvalue weighted by molar-refractivity contribution is 6.35. The summed E-state index contributed by atoms with van der Waals surface area (Å²) in [6, 6.07) is 5.37. The minimum atomic E-state index is 0.111. The van der Waals surface area contributed by atoms with E-state index in [1.807, 2.05) is 12.1 Å². The summed E-state index contributed by atoms with van der Waals surface area (Å²) in [7, 11) is 0. The Morgan fingerprint density at radius 3 is 2.72 bits per heavy atom. The van der Waals surface area contributed by atoms with Crippen LogP contribution in [0.1, 0.15) is 48.9 Å². The summed E-state index contributed by atoms with van der Waals surface area (Å²) >= 11 is 6.26. The fraction of sp³-hybridized carbons (Fsp3) is 0.565. The van der Waals surface area contributed by atoms with Gasteiger partial charge in [0.2, 0.25) is 0 Å². The first-order valence-corrected chi connectivity index (χ1v) is 11.2. The molecule has 0 radical (unpaired) electrons. The standard InChI is InChI=1S/C23H30ClN3O2/c24-20-14-19(23-18(22(20)25)2-1-9-26-23)21(28)4-3-16-5-10-27(11-6-16)15-17-7-12-29-13-8-17/h1-2,9,14,16-17H,3-8,10-13,15,25H2. The van der Waals surface area contributed by atoms with Gasteiger partial charge in [0.25, 0.3) is 0 Å². The first kappa shape index (κ1) is 20.6. The number of hydrogen-bond donors (Lipinski definition) is 1. The first-order valence-electron chi connectivity index (χ1n) is 10.8. The van der Waals surface area contributed by atoms with Crippen LogP contribution in [0.3, 0.4) is 0 Å². The zero-order chi connectivity index (χ0) is 20.2. The zero-order valence-corrected chi connectivity index (χ0v) is 17.7. The van der Waals surface area contributed by atoms with Crippen LogP contribution in [0.15, 0.2) is 24.4 Å². The third-order valence-electron chi connectivity index (χ3n) is 6.53. The number of likely N-dealkylation sites (tertiary alicyclic amines) is 1. The molecule has 2 aromatic rings. The van der Waals surface area contributed by atoms with E-state index in [4.69, 9.17) is 22.1 Å². The molecule has 0 unspecified atom stereocenters. The van der Waals surface area contributed by atoms with Crippen molar-refractivity contribution in [1.82, 2.24) is 9.88 Å². The highest BCUT2D eigenvalue weighted by Crippen LogP contribution is 2.32. The summed E-state index contributed by atoms with van der Waals surface area (Å²) < 4.78 is 5.47. The molecule has 5 nitrogen and oxygen atoms in total. The average Bonchev–Trinajstić information content (AvgIpc) is 2.76. The Morgan fingerprint density at radius 2 is 1.97 bits per heavy atom. The number of halogens is 1. The maximum Gasteiger partial charge on any atom is 0.165 e. The quantitative estimate of drug-likeness (QED) is 0.552. The molecule has 0 saturated carbocycles. The number of carbonyl (C=O) groups is 1. The summed E-state index contributed by atoms with van der Waals surface area (Å²) in [5.41, 5.74) is 7.80. The van der Waals surface area contributed by atoms with Crippen LogP contribution in [0.4, 0.5) is 5.69 Å². The molecular formula is C23H30ClN3O2. The summed E-state index contributed by atoms with van der Waals surface area (Å²) in [6.45, 7) is 5.34. The number of ketones is 1. The van der Waals surface area contributed by atoms with E-state index in [2.05, 4.69) is 9.88 Å². The van der Waals surface area contributed by atoms with Crippen LogP contribution in [0.2, 0.25) is 5.02 Å². The van der Waals surface area contributed by atoms with Gasteiger partial charge >= 0.3 is 0 Å². The van der Waals surface area contributed by atoms with Crippen LogP contribution in [0.5, 0.6) is 0 Å². The summed E-state index contributed by atoms with van der Waals surface area (Å²) in [5.74, 6) is 1.52. The van der Waals surface area contributed by atoms with Gasteiger partial charge in [-0.05, 0) is 75.2 Å². The largest absolute Gasteiger partial charge is 0.397 e. The summed E-state index contributed by atoms with van der Waals surface area (Å²) in [5, 5.41) is 1.18. The number of piperidine rings is 1. The van der Waals surface area contributed by atoms with Crippen molar-refractivity contribution in [2.45, 2.75) is 38.5 Å². The highest BCUT2D eigenvalue weighted by Gasteiger charge is 2.24. The molecule has 29 heavy (non-hydrogen) atoms. The molecule has 2 aliphatic rings. The molecule has 156 valence electrons. The van der Waals surface area contributed by atoms with E-state index >= 15 is 0 Å².